The van der Waals surface area contributed by atoms with Crippen molar-refractivity contribution in [1.82, 2.24) is 4.98 Å². The van der Waals surface area contributed by atoms with Crippen LogP contribution >= 0.6 is 0 Å². The average molecular weight is 605 g/mol. The second kappa shape index (κ2) is 11.2. The minimum atomic E-state index is 0.601. The van der Waals surface area contributed by atoms with Crippen molar-refractivity contribution in [2.24, 2.45) is 0 Å². The molecular formula is C43H28N2O2. The number of aromatic nitrogens is 1. The van der Waals surface area contributed by atoms with Gasteiger partial charge in [-0.15, -0.1) is 0 Å². The molecule has 0 aliphatic rings. The molecule has 0 bridgehead atoms. The molecule has 0 fully saturated rings. The van der Waals surface area contributed by atoms with Gasteiger partial charge in [0.2, 0.25) is 5.89 Å². The summed E-state index contributed by atoms with van der Waals surface area (Å²) in [6.07, 6.45) is 0. The van der Waals surface area contributed by atoms with Crippen LogP contribution < -0.4 is 4.90 Å². The van der Waals surface area contributed by atoms with E-state index in [0.29, 0.717) is 5.89 Å². The largest absolute Gasteiger partial charge is 0.456 e. The zero-order chi connectivity index (χ0) is 31.2. The highest BCUT2D eigenvalue weighted by Crippen LogP contribution is 2.41. The highest BCUT2D eigenvalue weighted by molar-refractivity contribution is 6.17. The summed E-state index contributed by atoms with van der Waals surface area (Å²) >= 11 is 0. The van der Waals surface area contributed by atoms with Crippen LogP contribution in [0.25, 0.3) is 66.7 Å². The second-order valence-electron chi connectivity index (χ2n) is 11.6. The maximum Gasteiger partial charge on any atom is 0.227 e. The Morgan fingerprint density at radius 3 is 1.66 bits per heavy atom. The summed E-state index contributed by atoms with van der Waals surface area (Å²) in [5.41, 5.74) is 12.0. The van der Waals surface area contributed by atoms with E-state index in [1.807, 2.05) is 48.5 Å². The van der Waals surface area contributed by atoms with Gasteiger partial charge in [0.25, 0.3) is 0 Å². The normalized spacial score (nSPS) is 11.4. The smallest absolute Gasteiger partial charge is 0.227 e. The minimum absolute atomic E-state index is 0.601. The standard InChI is InChI=1S/C43H28N2O2/c1-4-12-29(13-5-1)35-18-10-11-19-36(35)30-20-22-33(23-21-30)45(32-16-8-3-9-17-32)34-24-25-37-40(28-34)46-38-26-27-39-42(41(37)38)44-43(47-39)31-14-6-2-7-15-31/h1-28H. The third kappa shape index (κ3) is 4.75. The number of benzene rings is 7. The van der Waals surface area contributed by atoms with Gasteiger partial charge in [0.15, 0.2) is 5.58 Å². The van der Waals surface area contributed by atoms with Crippen LogP contribution in [-0.2, 0) is 0 Å². The Hall–Kier alpha value is -6.39. The van der Waals surface area contributed by atoms with Crippen molar-refractivity contribution in [2.45, 2.75) is 0 Å². The van der Waals surface area contributed by atoms with Crippen molar-refractivity contribution >= 4 is 50.1 Å². The molecule has 0 saturated carbocycles. The van der Waals surface area contributed by atoms with E-state index in [1.165, 1.54) is 22.3 Å². The first-order chi connectivity index (χ1) is 23.3. The molecule has 0 unspecified atom stereocenters. The fourth-order valence-corrected chi connectivity index (χ4v) is 6.50. The van der Waals surface area contributed by atoms with E-state index >= 15 is 0 Å². The van der Waals surface area contributed by atoms with E-state index in [2.05, 4.69) is 126 Å². The highest BCUT2D eigenvalue weighted by Gasteiger charge is 2.19. The first-order valence-electron chi connectivity index (χ1n) is 15.7. The van der Waals surface area contributed by atoms with E-state index in [9.17, 15) is 0 Å². The van der Waals surface area contributed by atoms with Gasteiger partial charge in [0.05, 0.1) is 5.39 Å². The van der Waals surface area contributed by atoms with Gasteiger partial charge in [-0.05, 0) is 82.9 Å². The molecule has 0 N–H and O–H groups in total. The molecule has 0 aliphatic carbocycles. The average Bonchev–Trinajstić information content (AvgIpc) is 3.75. The number of hydrogen-bond donors (Lipinski definition) is 0. The third-order valence-corrected chi connectivity index (χ3v) is 8.72. The van der Waals surface area contributed by atoms with Crippen LogP contribution in [0, 0.1) is 0 Å². The number of fused-ring (bicyclic) bond motifs is 5. The van der Waals surface area contributed by atoms with Crippen molar-refractivity contribution < 1.29 is 8.83 Å². The molecule has 0 amide bonds. The molecular weight excluding hydrogens is 576 g/mol. The monoisotopic (exact) mass is 604 g/mol. The Labute approximate surface area is 271 Å². The zero-order valence-electron chi connectivity index (χ0n) is 25.4. The lowest BCUT2D eigenvalue weighted by Crippen LogP contribution is -2.09. The van der Waals surface area contributed by atoms with Crippen molar-refractivity contribution in [2.75, 3.05) is 4.90 Å². The van der Waals surface area contributed by atoms with Crippen molar-refractivity contribution in [1.29, 1.82) is 0 Å². The molecule has 9 aromatic rings. The Bertz CT molecular complexity index is 2500. The number of para-hydroxylation sites is 1. The van der Waals surface area contributed by atoms with Gasteiger partial charge in [-0.3, -0.25) is 0 Å². The van der Waals surface area contributed by atoms with Crippen molar-refractivity contribution in [3.8, 4) is 33.7 Å². The Kier molecular flexibility index (Phi) is 6.43. The lowest BCUT2D eigenvalue weighted by molar-refractivity contribution is 0.619. The van der Waals surface area contributed by atoms with Crippen LogP contribution in [0.2, 0.25) is 0 Å². The summed E-state index contributed by atoms with van der Waals surface area (Å²) in [7, 11) is 0. The predicted molar refractivity (Wildman–Crippen MR) is 192 cm³/mol. The Balaban J connectivity index is 1.14. The maximum absolute atomic E-state index is 6.46. The fourth-order valence-electron chi connectivity index (χ4n) is 6.50. The van der Waals surface area contributed by atoms with Crippen LogP contribution in [0.4, 0.5) is 17.1 Å². The lowest BCUT2D eigenvalue weighted by atomic mass is 9.94. The van der Waals surface area contributed by atoms with Gasteiger partial charge in [0, 0.05) is 34.1 Å². The van der Waals surface area contributed by atoms with E-state index in [4.69, 9.17) is 13.8 Å². The van der Waals surface area contributed by atoms with Crippen LogP contribution in [0.5, 0.6) is 0 Å². The first-order valence-corrected chi connectivity index (χ1v) is 15.7. The first kappa shape index (κ1) is 27.0. The number of hydrogen-bond acceptors (Lipinski definition) is 4. The van der Waals surface area contributed by atoms with E-state index in [1.54, 1.807) is 0 Å². The molecule has 2 aromatic heterocycles. The van der Waals surface area contributed by atoms with Gasteiger partial charge in [0.1, 0.15) is 16.7 Å². The molecule has 222 valence electrons. The summed E-state index contributed by atoms with van der Waals surface area (Å²) in [4.78, 5) is 7.17. The predicted octanol–water partition coefficient (Wildman–Crippen LogP) is 12.2. The van der Waals surface area contributed by atoms with E-state index in [0.717, 1.165) is 55.7 Å². The number of nitrogens with zero attached hydrogens (tertiary/aromatic N) is 2. The van der Waals surface area contributed by atoms with Crippen LogP contribution in [-0.4, -0.2) is 4.98 Å². The van der Waals surface area contributed by atoms with Gasteiger partial charge in [-0.1, -0.05) is 103 Å². The SMILES string of the molecule is c1ccc(-c2nc3c(ccc4oc5cc(N(c6ccccc6)c6ccc(-c7ccccc7-c7ccccc7)cc6)ccc5c43)o2)cc1. The number of rotatable bonds is 6. The lowest BCUT2D eigenvalue weighted by Gasteiger charge is -2.25. The number of oxazole rings is 1. The third-order valence-electron chi connectivity index (χ3n) is 8.72. The summed E-state index contributed by atoms with van der Waals surface area (Å²) in [6.45, 7) is 0. The van der Waals surface area contributed by atoms with E-state index in [-0.39, 0.29) is 0 Å². The zero-order valence-corrected chi connectivity index (χ0v) is 25.4. The molecule has 47 heavy (non-hydrogen) atoms. The maximum atomic E-state index is 6.46. The molecule has 9 rings (SSSR count). The summed E-state index contributed by atoms with van der Waals surface area (Å²) in [5.74, 6) is 0.601. The van der Waals surface area contributed by atoms with Crippen LogP contribution in [0.15, 0.2) is 179 Å². The van der Waals surface area contributed by atoms with Crippen LogP contribution in [0.3, 0.4) is 0 Å². The number of anilines is 3. The summed E-state index contributed by atoms with van der Waals surface area (Å²) in [6, 6.07) is 58.7. The molecule has 0 saturated heterocycles. The molecule has 2 heterocycles. The molecule has 4 nitrogen and oxygen atoms in total. The molecule has 0 spiro atoms. The Morgan fingerprint density at radius 2 is 0.957 bits per heavy atom. The topological polar surface area (TPSA) is 42.4 Å². The molecule has 0 aliphatic heterocycles. The van der Waals surface area contributed by atoms with Crippen molar-refractivity contribution in [3.05, 3.63) is 170 Å². The quantitative estimate of drug-likeness (QED) is 0.189. The summed E-state index contributed by atoms with van der Waals surface area (Å²) < 4.78 is 12.6. The number of furan rings is 1. The van der Waals surface area contributed by atoms with Gasteiger partial charge >= 0.3 is 0 Å². The summed E-state index contributed by atoms with van der Waals surface area (Å²) in [5, 5.41) is 1.96. The van der Waals surface area contributed by atoms with Gasteiger partial charge in [-0.2, -0.15) is 0 Å². The van der Waals surface area contributed by atoms with E-state index < -0.39 is 0 Å². The second-order valence-corrected chi connectivity index (χ2v) is 11.6. The highest BCUT2D eigenvalue weighted by atomic mass is 16.4. The minimum Gasteiger partial charge on any atom is -0.456 e. The molecule has 0 radical (unpaired) electrons. The molecule has 0 atom stereocenters. The molecule has 4 heteroatoms. The Morgan fingerprint density at radius 1 is 0.404 bits per heavy atom. The van der Waals surface area contributed by atoms with Gasteiger partial charge < -0.3 is 13.7 Å². The van der Waals surface area contributed by atoms with Crippen molar-refractivity contribution in [3.63, 3.8) is 0 Å². The van der Waals surface area contributed by atoms with Gasteiger partial charge in [-0.25, -0.2) is 4.98 Å². The molecule has 7 aromatic carbocycles. The van der Waals surface area contributed by atoms with Crippen LogP contribution in [0.1, 0.15) is 0 Å². The fraction of sp³-hybridized carbons (Fsp3) is 0.